The zero-order valence-corrected chi connectivity index (χ0v) is 12.8. The summed E-state index contributed by atoms with van der Waals surface area (Å²) >= 11 is 4.56. The van der Waals surface area contributed by atoms with Crippen molar-refractivity contribution in [3.63, 3.8) is 0 Å². The smallest absolute Gasteiger partial charge is 0.348 e. The van der Waals surface area contributed by atoms with Crippen LogP contribution in [-0.4, -0.2) is 24.7 Å². The van der Waals surface area contributed by atoms with E-state index < -0.39 is 5.97 Å². The first-order valence-corrected chi connectivity index (χ1v) is 7.10. The van der Waals surface area contributed by atoms with Crippen molar-refractivity contribution >= 4 is 33.2 Å². The number of pyridine rings is 1. The summed E-state index contributed by atoms with van der Waals surface area (Å²) in [6.45, 7) is -0.0691. The fourth-order valence-corrected chi connectivity index (χ4v) is 2.74. The van der Waals surface area contributed by atoms with E-state index in [1.165, 1.54) is 18.4 Å². The van der Waals surface area contributed by atoms with Crippen LogP contribution in [0, 0.1) is 11.3 Å². The van der Waals surface area contributed by atoms with Crippen molar-refractivity contribution < 1.29 is 14.3 Å². The molecule has 0 aliphatic rings. The Bertz CT molecular complexity index is 678. The van der Waals surface area contributed by atoms with Gasteiger partial charge in [-0.15, -0.1) is 11.3 Å². The molecule has 0 aliphatic heterocycles. The third-order valence-corrected chi connectivity index (χ3v) is 3.84. The zero-order chi connectivity index (χ0) is 14.5. The van der Waals surface area contributed by atoms with Crippen LogP contribution in [0.4, 0.5) is 0 Å². The van der Waals surface area contributed by atoms with Gasteiger partial charge in [0, 0.05) is 10.7 Å². The second kappa shape index (κ2) is 6.50. The number of ether oxygens (including phenoxy) is 2. The van der Waals surface area contributed by atoms with Crippen molar-refractivity contribution in [3.05, 3.63) is 33.7 Å². The lowest BCUT2D eigenvalue weighted by molar-refractivity contribution is 0.0606. The molecular formula is C13H9BrN2O3S. The molecule has 0 saturated heterocycles. The Morgan fingerprint density at radius 3 is 3.05 bits per heavy atom. The molecule has 0 atom stereocenters. The van der Waals surface area contributed by atoms with Crippen molar-refractivity contribution in [1.82, 2.24) is 4.98 Å². The monoisotopic (exact) mass is 352 g/mol. The van der Waals surface area contributed by atoms with Gasteiger partial charge in [0.1, 0.15) is 22.4 Å². The van der Waals surface area contributed by atoms with Gasteiger partial charge in [0.15, 0.2) is 6.61 Å². The van der Waals surface area contributed by atoms with E-state index in [4.69, 9.17) is 10.00 Å². The number of carbonyl (C=O) groups is 1. The highest BCUT2D eigenvalue weighted by atomic mass is 79.9. The Morgan fingerprint density at radius 2 is 2.35 bits per heavy atom. The van der Waals surface area contributed by atoms with E-state index in [9.17, 15) is 4.79 Å². The van der Waals surface area contributed by atoms with Crippen LogP contribution in [0.25, 0.3) is 10.6 Å². The number of methoxy groups -OCH3 is 1. The van der Waals surface area contributed by atoms with Crippen LogP contribution >= 0.6 is 27.3 Å². The topological polar surface area (TPSA) is 72.2 Å². The molecule has 2 heterocycles. The number of carbonyl (C=O) groups excluding carboxylic acids is 1. The normalized spacial score (nSPS) is 9.85. The highest BCUT2D eigenvalue weighted by Crippen LogP contribution is 2.35. The molecule has 0 N–H and O–H groups in total. The number of hydrogen-bond donors (Lipinski definition) is 0. The van der Waals surface area contributed by atoms with E-state index >= 15 is 0 Å². The summed E-state index contributed by atoms with van der Waals surface area (Å²) in [4.78, 5) is 17.0. The summed E-state index contributed by atoms with van der Waals surface area (Å²) in [7, 11) is 1.33. The van der Waals surface area contributed by atoms with E-state index in [1.54, 1.807) is 24.4 Å². The number of rotatable bonds is 4. The van der Waals surface area contributed by atoms with Crippen LogP contribution < -0.4 is 4.74 Å². The fraction of sp³-hybridized carbons (Fsp3) is 0.154. The maximum Gasteiger partial charge on any atom is 0.348 e. The van der Waals surface area contributed by atoms with E-state index in [2.05, 4.69) is 25.7 Å². The zero-order valence-electron chi connectivity index (χ0n) is 10.4. The Kier molecular flexibility index (Phi) is 4.71. The van der Waals surface area contributed by atoms with Crippen molar-refractivity contribution in [1.29, 1.82) is 5.26 Å². The lowest BCUT2D eigenvalue weighted by atomic mass is 10.3. The van der Waals surface area contributed by atoms with E-state index in [0.29, 0.717) is 16.3 Å². The Labute approximate surface area is 127 Å². The molecule has 0 spiro atoms. The highest BCUT2D eigenvalue weighted by Gasteiger charge is 2.15. The fourth-order valence-electron chi connectivity index (χ4n) is 1.50. The molecule has 102 valence electrons. The second-order valence-corrected chi connectivity index (χ2v) is 5.60. The molecule has 0 fully saturated rings. The largest absolute Gasteiger partial charge is 0.476 e. The maximum atomic E-state index is 11.5. The molecule has 0 unspecified atom stereocenters. The highest BCUT2D eigenvalue weighted by molar-refractivity contribution is 9.10. The third kappa shape index (κ3) is 3.15. The molecule has 0 amide bonds. The van der Waals surface area contributed by atoms with Gasteiger partial charge in [0.05, 0.1) is 12.0 Å². The van der Waals surface area contributed by atoms with Gasteiger partial charge in [-0.25, -0.2) is 4.79 Å². The quantitative estimate of drug-likeness (QED) is 0.789. The van der Waals surface area contributed by atoms with Crippen LogP contribution in [0.15, 0.2) is 28.9 Å². The number of thiophene rings is 1. The number of nitrogens with zero attached hydrogens (tertiary/aromatic N) is 2. The second-order valence-electron chi connectivity index (χ2n) is 3.60. The molecule has 0 saturated carbocycles. The molecule has 0 aliphatic carbocycles. The average molecular weight is 353 g/mol. The average Bonchev–Trinajstić information content (AvgIpc) is 2.94. The van der Waals surface area contributed by atoms with Crippen LogP contribution in [0.2, 0.25) is 0 Å². The number of hydrogen-bond acceptors (Lipinski definition) is 6. The molecule has 0 radical (unpaired) electrons. The Hall–Kier alpha value is -1.91. The molecule has 7 heteroatoms. The summed E-state index contributed by atoms with van der Waals surface area (Å²) in [6, 6.07) is 7.08. The minimum absolute atomic E-state index is 0.0691. The van der Waals surface area contributed by atoms with Crippen LogP contribution in [0.3, 0.4) is 0 Å². The molecular weight excluding hydrogens is 344 g/mol. The number of halogens is 1. The van der Waals surface area contributed by atoms with Crippen LogP contribution in [-0.2, 0) is 4.74 Å². The first-order valence-electron chi connectivity index (χ1n) is 5.49. The summed E-state index contributed by atoms with van der Waals surface area (Å²) in [5, 5.41) is 8.60. The lowest BCUT2D eigenvalue weighted by Crippen LogP contribution is -1.97. The summed E-state index contributed by atoms with van der Waals surface area (Å²) in [6.07, 6.45) is 1.63. The van der Waals surface area contributed by atoms with Crippen molar-refractivity contribution in [2.24, 2.45) is 0 Å². The molecule has 2 rings (SSSR count). The number of nitriles is 1. The van der Waals surface area contributed by atoms with Gasteiger partial charge in [-0.3, -0.25) is 4.98 Å². The minimum atomic E-state index is -0.391. The first kappa shape index (κ1) is 14.5. The van der Waals surface area contributed by atoms with Gasteiger partial charge in [-0.05, 0) is 34.1 Å². The van der Waals surface area contributed by atoms with Crippen LogP contribution in [0.5, 0.6) is 5.75 Å². The van der Waals surface area contributed by atoms with Crippen molar-refractivity contribution in [2.45, 2.75) is 0 Å². The summed E-state index contributed by atoms with van der Waals surface area (Å²) in [5.41, 5.74) is 0.587. The van der Waals surface area contributed by atoms with Crippen LogP contribution in [0.1, 0.15) is 9.67 Å². The molecule has 2 aromatic heterocycles. The third-order valence-electron chi connectivity index (χ3n) is 2.34. The predicted molar refractivity (Wildman–Crippen MR) is 77.7 cm³/mol. The van der Waals surface area contributed by atoms with E-state index in [-0.39, 0.29) is 6.61 Å². The van der Waals surface area contributed by atoms with E-state index in [1.807, 2.05) is 6.07 Å². The van der Waals surface area contributed by atoms with Crippen molar-refractivity contribution in [3.8, 4) is 22.4 Å². The van der Waals surface area contributed by atoms with Crippen molar-refractivity contribution in [2.75, 3.05) is 13.7 Å². The Balaban J connectivity index is 2.39. The summed E-state index contributed by atoms with van der Waals surface area (Å²) in [5.74, 6) is 0.0945. The first-order chi connectivity index (χ1) is 9.65. The van der Waals surface area contributed by atoms with Gasteiger partial charge in [-0.2, -0.15) is 5.26 Å². The maximum absolute atomic E-state index is 11.5. The molecule has 2 aromatic rings. The lowest BCUT2D eigenvalue weighted by Gasteiger charge is -2.07. The molecule has 20 heavy (non-hydrogen) atoms. The molecule has 0 bridgehead atoms. The number of esters is 1. The minimum Gasteiger partial charge on any atom is -0.476 e. The Morgan fingerprint density at radius 1 is 1.55 bits per heavy atom. The van der Waals surface area contributed by atoms with Gasteiger partial charge in [0.25, 0.3) is 0 Å². The number of aromatic nitrogens is 1. The molecule has 0 aromatic carbocycles. The van der Waals surface area contributed by atoms with E-state index in [0.717, 1.165) is 9.35 Å². The summed E-state index contributed by atoms with van der Waals surface area (Å²) < 4.78 is 10.8. The SMILES string of the molecule is COC(=O)c1ccc(-c2ncc(Br)cc2OCC#N)s1. The standard InChI is InChI=1S/C13H9BrN2O3S/c1-18-13(17)11-3-2-10(20-11)12-9(19-5-4-15)6-8(14)7-16-12/h2-3,6-7H,5H2,1H3. The van der Waals surface area contributed by atoms with Gasteiger partial charge in [-0.1, -0.05) is 0 Å². The molecule has 5 nitrogen and oxygen atoms in total. The van der Waals surface area contributed by atoms with Gasteiger partial charge >= 0.3 is 5.97 Å². The van der Waals surface area contributed by atoms with Gasteiger partial charge in [0.2, 0.25) is 0 Å². The van der Waals surface area contributed by atoms with Gasteiger partial charge < -0.3 is 9.47 Å². The predicted octanol–water partition coefficient (Wildman–Crippen LogP) is 3.26.